The second-order valence-corrected chi connectivity index (χ2v) is 5.14. The van der Waals surface area contributed by atoms with Gasteiger partial charge in [-0.25, -0.2) is 0 Å². The van der Waals surface area contributed by atoms with Gasteiger partial charge in [-0.15, -0.1) is 0 Å². The van der Waals surface area contributed by atoms with Gasteiger partial charge in [-0.05, 0) is 24.6 Å². The van der Waals surface area contributed by atoms with Crippen LogP contribution in [0.5, 0.6) is 5.75 Å². The first-order valence-electron chi connectivity index (χ1n) is 5.32. The molecule has 0 amide bonds. The van der Waals surface area contributed by atoms with Gasteiger partial charge in [0.1, 0.15) is 5.75 Å². The zero-order chi connectivity index (χ0) is 12.8. The fraction of sp³-hybridized carbons (Fsp3) is 0.500. The minimum atomic E-state index is -2.79. The Kier molecular flexibility index (Phi) is 5.71. The van der Waals surface area contributed by atoms with Crippen molar-refractivity contribution in [2.45, 2.75) is 37.6 Å². The molecule has 17 heavy (non-hydrogen) atoms. The van der Waals surface area contributed by atoms with E-state index in [2.05, 4.69) is 4.74 Å². The SMILES string of the molecule is CC(O)C(C)SCc1ccc(OC(F)F)cc1. The van der Waals surface area contributed by atoms with E-state index in [0.717, 1.165) is 11.3 Å². The molecule has 1 N–H and O–H groups in total. The fourth-order valence-corrected chi connectivity index (χ4v) is 2.06. The van der Waals surface area contributed by atoms with Crippen LogP contribution in [0.3, 0.4) is 0 Å². The predicted molar refractivity (Wildman–Crippen MR) is 65.5 cm³/mol. The van der Waals surface area contributed by atoms with Crippen LogP contribution in [0.15, 0.2) is 24.3 Å². The Morgan fingerprint density at radius 2 is 1.82 bits per heavy atom. The molecule has 0 aliphatic rings. The first kappa shape index (κ1) is 14.3. The van der Waals surface area contributed by atoms with Gasteiger partial charge in [0.25, 0.3) is 0 Å². The van der Waals surface area contributed by atoms with E-state index in [4.69, 9.17) is 0 Å². The number of aliphatic hydroxyl groups excluding tert-OH is 1. The molecule has 5 heteroatoms. The molecule has 2 nitrogen and oxygen atoms in total. The molecule has 2 atom stereocenters. The summed E-state index contributed by atoms with van der Waals surface area (Å²) in [5.41, 5.74) is 1.02. The van der Waals surface area contributed by atoms with Gasteiger partial charge in [-0.3, -0.25) is 0 Å². The van der Waals surface area contributed by atoms with Crippen LogP contribution in [-0.4, -0.2) is 23.1 Å². The smallest absolute Gasteiger partial charge is 0.387 e. The maximum Gasteiger partial charge on any atom is 0.387 e. The quantitative estimate of drug-likeness (QED) is 0.853. The topological polar surface area (TPSA) is 29.5 Å². The Labute approximate surface area is 104 Å². The highest BCUT2D eigenvalue weighted by Crippen LogP contribution is 2.22. The van der Waals surface area contributed by atoms with Crippen molar-refractivity contribution in [2.75, 3.05) is 0 Å². The third-order valence-corrected chi connectivity index (χ3v) is 3.76. The number of thioether (sulfide) groups is 1. The van der Waals surface area contributed by atoms with Crippen LogP contribution in [0.25, 0.3) is 0 Å². The second-order valence-electron chi connectivity index (χ2n) is 3.78. The average molecular weight is 262 g/mol. The minimum absolute atomic E-state index is 0.145. The summed E-state index contributed by atoms with van der Waals surface area (Å²) < 4.78 is 28.1. The van der Waals surface area contributed by atoms with E-state index in [1.807, 2.05) is 6.92 Å². The van der Waals surface area contributed by atoms with Crippen LogP contribution in [0, 0.1) is 0 Å². The molecular formula is C12H16F2O2S. The zero-order valence-corrected chi connectivity index (χ0v) is 10.6. The summed E-state index contributed by atoms with van der Waals surface area (Å²) in [6.45, 7) is 0.909. The van der Waals surface area contributed by atoms with Crippen LogP contribution in [0.1, 0.15) is 19.4 Å². The highest BCUT2D eigenvalue weighted by molar-refractivity contribution is 7.99. The molecule has 2 unspecified atom stereocenters. The maximum absolute atomic E-state index is 11.9. The lowest BCUT2D eigenvalue weighted by Crippen LogP contribution is -2.15. The number of ether oxygens (including phenoxy) is 1. The summed E-state index contributed by atoms with van der Waals surface area (Å²) in [5, 5.41) is 9.46. The number of aliphatic hydroxyl groups is 1. The van der Waals surface area contributed by atoms with Crippen LogP contribution in [0.4, 0.5) is 8.78 Å². The van der Waals surface area contributed by atoms with Crippen LogP contribution in [-0.2, 0) is 5.75 Å². The summed E-state index contributed by atoms with van der Waals surface area (Å²) in [4.78, 5) is 0. The Morgan fingerprint density at radius 3 is 2.29 bits per heavy atom. The highest BCUT2D eigenvalue weighted by Gasteiger charge is 2.09. The van der Waals surface area contributed by atoms with Crippen molar-refractivity contribution in [1.29, 1.82) is 0 Å². The average Bonchev–Trinajstić information content (AvgIpc) is 2.26. The van der Waals surface area contributed by atoms with Crippen LogP contribution < -0.4 is 4.74 Å². The predicted octanol–water partition coefficient (Wildman–Crippen LogP) is 3.29. The van der Waals surface area contributed by atoms with Crippen molar-refractivity contribution in [3.8, 4) is 5.75 Å². The lowest BCUT2D eigenvalue weighted by Gasteiger charge is -2.14. The monoisotopic (exact) mass is 262 g/mol. The Balaban J connectivity index is 2.45. The lowest BCUT2D eigenvalue weighted by atomic mass is 10.2. The van der Waals surface area contributed by atoms with E-state index in [9.17, 15) is 13.9 Å². The summed E-state index contributed by atoms with van der Waals surface area (Å²) in [5.74, 6) is 0.901. The van der Waals surface area contributed by atoms with Crippen molar-refractivity contribution in [3.05, 3.63) is 29.8 Å². The van der Waals surface area contributed by atoms with Gasteiger partial charge in [-0.1, -0.05) is 19.1 Å². The molecule has 1 rings (SSSR count). The molecule has 0 saturated heterocycles. The minimum Gasteiger partial charge on any atom is -0.435 e. The molecule has 96 valence electrons. The van der Waals surface area contributed by atoms with Crippen molar-refractivity contribution in [1.82, 2.24) is 0 Å². The first-order chi connectivity index (χ1) is 7.99. The van der Waals surface area contributed by atoms with Gasteiger partial charge >= 0.3 is 6.61 Å². The van der Waals surface area contributed by atoms with Gasteiger partial charge in [0.15, 0.2) is 0 Å². The van der Waals surface area contributed by atoms with E-state index < -0.39 is 6.61 Å². The molecule has 0 fully saturated rings. The molecule has 0 aromatic heterocycles. The summed E-state index contributed by atoms with van der Waals surface area (Å²) in [6, 6.07) is 6.54. The van der Waals surface area contributed by atoms with Crippen LogP contribution in [0.2, 0.25) is 0 Å². The number of benzene rings is 1. The number of halogens is 2. The van der Waals surface area contributed by atoms with Crippen LogP contribution >= 0.6 is 11.8 Å². The van der Waals surface area contributed by atoms with Crippen molar-refractivity contribution in [2.24, 2.45) is 0 Å². The number of hydrogen-bond donors (Lipinski definition) is 1. The number of rotatable bonds is 6. The van der Waals surface area contributed by atoms with Gasteiger partial charge in [-0.2, -0.15) is 20.5 Å². The molecule has 0 aliphatic heterocycles. The Morgan fingerprint density at radius 1 is 1.24 bits per heavy atom. The molecule has 0 saturated carbocycles. The molecule has 0 bridgehead atoms. The fourth-order valence-electron chi connectivity index (χ4n) is 1.13. The summed E-state index contributed by atoms with van der Waals surface area (Å²) in [6.07, 6.45) is -0.360. The highest BCUT2D eigenvalue weighted by atomic mass is 32.2. The maximum atomic E-state index is 11.9. The van der Waals surface area contributed by atoms with E-state index >= 15 is 0 Å². The molecule has 0 aliphatic carbocycles. The van der Waals surface area contributed by atoms with Crippen molar-refractivity contribution in [3.63, 3.8) is 0 Å². The molecule has 0 heterocycles. The van der Waals surface area contributed by atoms with Gasteiger partial charge < -0.3 is 9.84 Å². The normalized spacial score (nSPS) is 14.7. The van der Waals surface area contributed by atoms with E-state index in [1.54, 1.807) is 30.8 Å². The molecule has 0 radical (unpaired) electrons. The molecule has 1 aromatic rings. The van der Waals surface area contributed by atoms with Crippen molar-refractivity contribution >= 4 is 11.8 Å². The standard InChI is InChI=1S/C12H16F2O2S/c1-8(15)9(2)17-7-10-3-5-11(6-4-10)16-12(13)14/h3-6,8-9,12,15H,7H2,1-2H3. The molecule has 0 spiro atoms. The zero-order valence-electron chi connectivity index (χ0n) is 9.77. The first-order valence-corrected chi connectivity index (χ1v) is 6.37. The third kappa shape index (κ3) is 5.37. The third-order valence-electron chi connectivity index (χ3n) is 2.34. The van der Waals surface area contributed by atoms with Gasteiger partial charge in [0, 0.05) is 11.0 Å². The van der Waals surface area contributed by atoms with Gasteiger partial charge in [0.2, 0.25) is 0 Å². The lowest BCUT2D eigenvalue weighted by molar-refractivity contribution is -0.0498. The largest absolute Gasteiger partial charge is 0.435 e. The summed E-state index contributed by atoms with van der Waals surface area (Å²) in [7, 11) is 0. The van der Waals surface area contributed by atoms with Gasteiger partial charge in [0.05, 0.1) is 6.10 Å². The molecular weight excluding hydrogens is 246 g/mol. The van der Waals surface area contributed by atoms with E-state index in [0.29, 0.717) is 0 Å². The van der Waals surface area contributed by atoms with E-state index in [1.165, 1.54) is 12.1 Å². The number of alkyl halides is 2. The molecule has 1 aromatic carbocycles. The number of hydrogen-bond acceptors (Lipinski definition) is 3. The Bertz CT molecular complexity index is 328. The van der Waals surface area contributed by atoms with E-state index in [-0.39, 0.29) is 17.1 Å². The second kappa shape index (κ2) is 6.81. The van der Waals surface area contributed by atoms with Crippen molar-refractivity contribution < 1.29 is 18.6 Å². The summed E-state index contributed by atoms with van der Waals surface area (Å²) >= 11 is 1.62. The Hall–Kier alpha value is -0.810.